The molecular weight excluding hydrogens is 769 g/mol. The van der Waals surface area contributed by atoms with Gasteiger partial charge in [-0.2, -0.15) is 0 Å². The Labute approximate surface area is 348 Å². The molecule has 60 heavy (non-hydrogen) atoms. The van der Waals surface area contributed by atoms with Gasteiger partial charge < -0.3 is 54.4 Å². The summed E-state index contributed by atoms with van der Waals surface area (Å²) in [7, 11) is 0. The number of rotatable bonds is 23. The number of carbonyl (C=O) groups excluding carboxylic acids is 6. The van der Waals surface area contributed by atoms with Gasteiger partial charge in [-0.15, -0.1) is 0 Å². The molecular formula is C44H54N8O8. The van der Waals surface area contributed by atoms with Crippen LogP contribution in [0.4, 0.5) is 0 Å². The van der Waals surface area contributed by atoms with Gasteiger partial charge in [0, 0.05) is 0 Å². The molecule has 0 aromatic heterocycles. The Hall–Kier alpha value is -6.46. The Balaban J connectivity index is 1.58. The smallest absolute Gasteiger partial charge is 0.243 e. The molecule has 0 aliphatic rings. The first-order chi connectivity index (χ1) is 28.7. The molecule has 0 aliphatic heterocycles. The van der Waals surface area contributed by atoms with E-state index in [1.165, 1.54) is 0 Å². The van der Waals surface area contributed by atoms with E-state index >= 15 is 0 Å². The average Bonchev–Trinajstić information content (AvgIpc) is 3.23. The molecule has 0 unspecified atom stereocenters. The van der Waals surface area contributed by atoms with Crippen molar-refractivity contribution in [2.45, 2.75) is 87.0 Å². The maximum absolute atomic E-state index is 13.9. The van der Waals surface area contributed by atoms with Crippen LogP contribution in [-0.4, -0.2) is 94.1 Å². The fraction of sp³-hybridized carbons (Fsp3) is 0.318. The Kier molecular flexibility index (Phi) is 17.9. The van der Waals surface area contributed by atoms with E-state index in [9.17, 15) is 39.0 Å². The van der Waals surface area contributed by atoms with E-state index in [1.807, 2.05) is 12.1 Å². The van der Waals surface area contributed by atoms with Crippen LogP contribution < -0.4 is 44.2 Å². The summed E-state index contributed by atoms with van der Waals surface area (Å²) in [6.45, 7) is 0. The first-order valence-corrected chi connectivity index (χ1v) is 19.5. The summed E-state index contributed by atoms with van der Waals surface area (Å²) in [4.78, 5) is 78.4. The van der Waals surface area contributed by atoms with Gasteiger partial charge >= 0.3 is 0 Å². The second kappa shape index (κ2) is 23.2. The van der Waals surface area contributed by atoms with Crippen molar-refractivity contribution in [3.05, 3.63) is 144 Å². The van der Waals surface area contributed by atoms with Gasteiger partial charge in [0.05, 0.1) is 37.0 Å². The lowest BCUT2D eigenvalue weighted by atomic mass is 9.90. The standard InChI is InChI=1S/C44H54N8O8/c45-31(21-27-13-5-1-6-14-27)41(57)51-35(25-37(47)53)43(59)49-33(23-29-17-9-3-10-18-29)39(55)40(56)34(24-30-19-11-4-12-20-30)50-44(60)36(26-38(48)54)52-42(58)32(46)22-28-15-7-2-8-16-28/h1-20,31-36,39-40,55-56H,21-26,45-46H2,(H2,47,53)(H2,48,54)(H,49,59)(H,50,60)(H,51,57)(H,52,58)/t31-,32-,33-,34-,35-,36-,39+,40+/m0/s1. The van der Waals surface area contributed by atoms with Gasteiger partial charge in [0.15, 0.2) is 0 Å². The van der Waals surface area contributed by atoms with Crippen molar-refractivity contribution in [1.29, 1.82) is 0 Å². The number of carbonyl (C=O) groups is 6. The third-order valence-corrected chi connectivity index (χ3v) is 9.77. The molecule has 0 aliphatic carbocycles. The Morgan fingerprint density at radius 3 is 0.950 bits per heavy atom. The predicted octanol–water partition coefficient (Wildman–Crippen LogP) is -0.976. The number of aliphatic hydroxyl groups is 2. The van der Waals surface area contributed by atoms with E-state index in [2.05, 4.69) is 21.3 Å². The lowest BCUT2D eigenvalue weighted by Crippen LogP contribution is -2.62. The first-order valence-electron chi connectivity index (χ1n) is 19.5. The minimum atomic E-state index is -1.81. The zero-order chi connectivity index (χ0) is 43.6. The van der Waals surface area contributed by atoms with E-state index < -0.39 is 96.7 Å². The Bertz CT molecular complexity index is 1860. The van der Waals surface area contributed by atoms with Gasteiger partial charge in [-0.1, -0.05) is 121 Å². The molecule has 6 amide bonds. The molecule has 318 valence electrons. The Morgan fingerprint density at radius 1 is 0.417 bits per heavy atom. The summed E-state index contributed by atoms with van der Waals surface area (Å²) < 4.78 is 0. The SMILES string of the molecule is NC(=O)C[C@H](NC(=O)[C@@H](N)Cc1ccccc1)C(=O)N[C@@H](Cc1ccccc1)[C@@H](O)[C@H](O)[C@H](Cc1ccccc1)NC(=O)[C@H](CC(N)=O)NC(=O)[C@@H](N)Cc1ccccc1. The molecule has 0 saturated heterocycles. The van der Waals surface area contributed by atoms with Crippen LogP contribution in [0.2, 0.25) is 0 Å². The van der Waals surface area contributed by atoms with Gasteiger partial charge in [0.2, 0.25) is 35.4 Å². The van der Waals surface area contributed by atoms with Crippen molar-refractivity contribution in [3.63, 3.8) is 0 Å². The molecule has 4 aromatic carbocycles. The van der Waals surface area contributed by atoms with Crippen molar-refractivity contribution in [3.8, 4) is 0 Å². The van der Waals surface area contributed by atoms with E-state index in [-0.39, 0.29) is 25.7 Å². The maximum Gasteiger partial charge on any atom is 0.243 e. The largest absolute Gasteiger partial charge is 0.388 e. The van der Waals surface area contributed by atoms with Gasteiger partial charge in [-0.3, -0.25) is 28.8 Å². The topological polar surface area (TPSA) is 295 Å². The third-order valence-electron chi connectivity index (χ3n) is 9.77. The van der Waals surface area contributed by atoms with Gasteiger partial charge in [0.1, 0.15) is 24.3 Å². The zero-order valence-electron chi connectivity index (χ0n) is 33.1. The molecule has 8 atom stereocenters. The number of nitrogens with one attached hydrogen (secondary N) is 4. The molecule has 0 saturated carbocycles. The summed E-state index contributed by atoms with van der Waals surface area (Å²) in [6.07, 6.45) is -4.67. The van der Waals surface area contributed by atoms with Crippen molar-refractivity contribution in [1.82, 2.24) is 21.3 Å². The van der Waals surface area contributed by atoms with Crippen molar-refractivity contribution < 1.29 is 39.0 Å². The fourth-order valence-corrected chi connectivity index (χ4v) is 6.59. The lowest BCUT2D eigenvalue weighted by Gasteiger charge is -2.34. The van der Waals surface area contributed by atoms with Crippen LogP contribution in [0.1, 0.15) is 35.1 Å². The van der Waals surface area contributed by atoms with Gasteiger partial charge in [-0.05, 0) is 47.9 Å². The Morgan fingerprint density at radius 2 is 0.683 bits per heavy atom. The number of hydrogen-bond acceptors (Lipinski definition) is 10. The molecule has 0 bridgehead atoms. The second-order valence-corrected chi connectivity index (χ2v) is 14.6. The highest BCUT2D eigenvalue weighted by Gasteiger charge is 2.37. The zero-order valence-corrected chi connectivity index (χ0v) is 33.1. The third kappa shape index (κ3) is 15.0. The number of aliphatic hydroxyl groups excluding tert-OH is 2. The maximum atomic E-state index is 13.9. The van der Waals surface area contributed by atoms with E-state index in [0.717, 1.165) is 11.1 Å². The quantitative estimate of drug-likeness (QED) is 0.0437. The lowest BCUT2D eigenvalue weighted by molar-refractivity contribution is -0.134. The van der Waals surface area contributed by atoms with Crippen LogP contribution in [0.5, 0.6) is 0 Å². The van der Waals surface area contributed by atoms with E-state index in [4.69, 9.17) is 22.9 Å². The van der Waals surface area contributed by atoms with Crippen LogP contribution in [0, 0.1) is 0 Å². The minimum absolute atomic E-state index is 0.0543. The molecule has 4 rings (SSSR count). The normalized spacial score (nSPS) is 15.1. The summed E-state index contributed by atoms with van der Waals surface area (Å²) in [5.74, 6) is -5.08. The molecule has 0 spiro atoms. The number of benzene rings is 4. The van der Waals surface area contributed by atoms with Crippen molar-refractivity contribution in [2.24, 2.45) is 22.9 Å². The van der Waals surface area contributed by atoms with Crippen LogP contribution in [-0.2, 0) is 54.5 Å². The highest BCUT2D eigenvalue weighted by atomic mass is 16.3. The highest BCUT2D eigenvalue weighted by Crippen LogP contribution is 2.16. The average molecular weight is 823 g/mol. The summed E-state index contributed by atoms with van der Waals surface area (Å²) >= 11 is 0. The monoisotopic (exact) mass is 822 g/mol. The minimum Gasteiger partial charge on any atom is -0.388 e. The number of hydrogen-bond donors (Lipinski definition) is 10. The van der Waals surface area contributed by atoms with Crippen LogP contribution in [0.25, 0.3) is 0 Å². The number of primary amides is 2. The van der Waals surface area contributed by atoms with Gasteiger partial charge in [-0.25, -0.2) is 0 Å². The molecule has 16 nitrogen and oxygen atoms in total. The molecule has 0 radical (unpaired) electrons. The molecule has 0 fully saturated rings. The first kappa shape index (κ1) is 46.2. The summed E-state index contributed by atoms with van der Waals surface area (Å²) in [6, 6.07) is 27.5. The molecule has 14 N–H and O–H groups in total. The van der Waals surface area contributed by atoms with Crippen molar-refractivity contribution in [2.75, 3.05) is 0 Å². The molecule has 16 heteroatoms. The van der Waals surface area contributed by atoms with E-state index in [0.29, 0.717) is 11.1 Å². The van der Waals surface area contributed by atoms with Crippen LogP contribution >= 0.6 is 0 Å². The van der Waals surface area contributed by atoms with Gasteiger partial charge in [0.25, 0.3) is 0 Å². The number of nitrogens with two attached hydrogens (primary N) is 4. The van der Waals surface area contributed by atoms with E-state index in [1.54, 1.807) is 109 Å². The molecule has 4 aromatic rings. The van der Waals surface area contributed by atoms with Crippen molar-refractivity contribution >= 4 is 35.4 Å². The second-order valence-electron chi connectivity index (χ2n) is 14.6. The predicted molar refractivity (Wildman–Crippen MR) is 224 cm³/mol. The van der Waals surface area contributed by atoms with Crippen LogP contribution in [0.15, 0.2) is 121 Å². The highest BCUT2D eigenvalue weighted by molar-refractivity contribution is 5.94. The summed E-state index contributed by atoms with van der Waals surface area (Å²) in [5.41, 5.74) is 26.1. The molecule has 0 heterocycles. The number of amides is 6. The summed E-state index contributed by atoms with van der Waals surface area (Å²) in [5, 5.41) is 34.1. The fourth-order valence-electron chi connectivity index (χ4n) is 6.59. The van der Waals surface area contributed by atoms with Crippen LogP contribution in [0.3, 0.4) is 0 Å².